The normalized spacial score (nSPS) is 10.9. The molecule has 0 fully saturated rings. The fourth-order valence-electron chi connectivity index (χ4n) is 2.96. The first-order valence-corrected chi connectivity index (χ1v) is 11.1. The molecule has 0 atom stereocenters. The van der Waals surface area contributed by atoms with Crippen LogP contribution in [-0.4, -0.2) is 20.9 Å². The van der Waals surface area contributed by atoms with E-state index < -0.39 is 0 Å². The number of nitrogen functional groups attached to an aromatic ring is 1. The Morgan fingerprint density at radius 2 is 2.10 bits per heavy atom. The number of benzene rings is 1. The van der Waals surface area contributed by atoms with Crippen LogP contribution >= 0.6 is 22.7 Å². The zero-order valence-corrected chi connectivity index (χ0v) is 17.4. The first-order valence-electron chi connectivity index (χ1n) is 9.31. The number of amides is 1. The van der Waals surface area contributed by atoms with Crippen molar-refractivity contribution in [1.29, 1.82) is 0 Å². The van der Waals surface area contributed by atoms with Crippen molar-refractivity contribution in [2.75, 3.05) is 11.1 Å². The Morgan fingerprint density at radius 1 is 1.17 bits per heavy atom. The summed E-state index contributed by atoms with van der Waals surface area (Å²) < 4.78 is 1.83. The summed E-state index contributed by atoms with van der Waals surface area (Å²) in [6.45, 7) is 0.780. The second-order valence-corrected chi connectivity index (χ2v) is 8.41. The number of hydrogen-bond donors (Lipinski definition) is 2. The van der Waals surface area contributed by atoms with Crippen LogP contribution in [0.25, 0.3) is 10.4 Å². The number of hydrogen-bond acceptors (Lipinski definition) is 6. The van der Waals surface area contributed by atoms with Gasteiger partial charge >= 0.3 is 0 Å². The van der Waals surface area contributed by atoms with Gasteiger partial charge in [-0.05, 0) is 58.0 Å². The van der Waals surface area contributed by atoms with Gasteiger partial charge < -0.3 is 11.1 Å². The van der Waals surface area contributed by atoms with E-state index in [2.05, 4.69) is 32.5 Å². The quantitative estimate of drug-likeness (QED) is 0.410. The lowest BCUT2D eigenvalue weighted by Gasteiger charge is -2.09. The fraction of sp³-hybridized carbons (Fsp3) is 0.190. The monoisotopic (exact) mass is 423 g/mol. The Kier molecular flexibility index (Phi) is 6.02. The zero-order chi connectivity index (χ0) is 20.1. The summed E-state index contributed by atoms with van der Waals surface area (Å²) in [5.41, 5.74) is 10.4. The molecule has 0 saturated heterocycles. The number of rotatable bonds is 8. The molecule has 1 aromatic carbocycles. The lowest BCUT2D eigenvalue weighted by Crippen LogP contribution is -2.13. The van der Waals surface area contributed by atoms with Crippen molar-refractivity contribution in [3.05, 3.63) is 70.0 Å². The summed E-state index contributed by atoms with van der Waals surface area (Å²) in [4.78, 5) is 13.5. The molecule has 148 valence electrons. The van der Waals surface area contributed by atoms with Crippen LogP contribution in [0, 0.1) is 0 Å². The number of carbonyl (C=O) groups excluding carboxylic acids is 1. The van der Waals surface area contributed by atoms with Crippen molar-refractivity contribution in [3.8, 4) is 10.4 Å². The fourth-order valence-corrected chi connectivity index (χ4v) is 4.38. The van der Waals surface area contributed by atoms with Crippen LogP contribution < -0.4 is 11.1 Å². The summed E-state index contributed by atoms with van der Waals surface area (Å²) in [6, 6.07) is 11.9. The number of aryl methyl sites for hydroxylation is 3. The van der Waals surface area contributed by atoms with Crippen molar-refractivity contribution in [1.82, 2.24) is 15.0 Å². The Bertz CT molecular complexity index is 1070. The second kappa shape index (κ2) is 9.02. The Hall–Kier alpha value is -2.97. The molecular weight excluding hydrogens is 402 g/mol. The average molecular weight is 424 g/mol. The molecule has 3 aromatic heterocycles. The topological polar surface area (TPSA) is 85.8 Å². The average Bonchev–Trinajstić information content (AvgIpc) is 3.48. The van der Waals surface area contributed by atoms with Gasteiger partial charge in [-0.1, -0.05) is 17.3 Å². The molecule has 1 amide bonds. The molecule has 0 aliphatic heterocycles. The van der Waals surface area contributed by atoms with E-state index in [0.717, 1.165) is 29.1 Å². The summed E-state index contributed by atoms with van der Waals surface area (Å²) >= 11 is 3.35. The van der Waals surface area contributed by atoms with Crippen molar-refractivity contribution >= 4 is 40.0 Å². The van der Waals surface area contributed by atoms with Gasteiger partial charge in [0, 0.05) is 30.5 Å². The third-order valence-corrected chi connectivity index (χ3v) is 6.19. The van der Waals surface area contributed by atoms with Gasteiger partial charge in [0.2, 0.25) is 5.91 Å². The highest BCUT2D eigenvalue weighted by atomic mass is 32.1. The molecule has 0 saturated carbocycles. The zero-order valence-electron chi connectivity index (χ0n) is 15.7. The predicted molar refractivity (Wildman–Crippen MR) is 119 cm³/mol. The van der Waals surface area contributed by atoms with Gasteiger partial charge in [0.15, 0.2) is 0 Å². The molecule has 8 heteroatoms. The van der Waals surface area contributed by atoms with E-state index in [1.165, 1.54) is 5.56 Å². The maximum Gasteiger partial charge on any atom is 0.224 e. The number of carbonyl (C=O) groups is 1. The van der Waals surface area contributed by atoms with Crippen LogP contribution in [0.2, 0.25) is 0 Å². The number of thiophene rings is 2. The molecule has 3 heterocycles. The van der Waals surface area contributed by atoms with Crippen molar-refractivity contribution in [2.24, 2.45) is 0 Å². The summed E-state index contributed by atoms with van der Waals surface area (Å²) in [5, 5.41) is 17.5. The van der Waals surface area contributed by atoms with Gasteiger partial charge in [0.1, 0.15) is 0 Å². The van der Waals surface area contributed by atoms with Crippen LogP contribution in [0.15, 0.2) is 58.7 Å². The van der Waals surface area contributed by atoms with Crippen molar-refractivity contribution in [2.45, 2.75) is 25.8 Å². The molecule has 0 aliphatic rings. The van der Waals surface area contributed by atoms with Gasteiger partial charge in [0.25, 0.3) is 0 Å². The highest BCUT2D eigenvalue weighted by molar-refractivity contribution is 7.13. The molecule has 3 N–H and O–H groups in total. The Labute approximate surface area is 177 Å². The van der Waals surface area contributed by atoms with Crippen molar-refractivity contribution < 1.29 is 4.79 Å². The molecule has 0 radical (unpaired) electrons. The highest BCUT2D eigenvalue weighted by Crippen LogP contribution is 2.30. The predicted octanol–water partition coefficient (Wildman–Crippen LogP) is 4.46. The molecule has 0 unspecified atom stereocenters. The number of anilines is 2. The van der Waals surface area contributed by atoms with E-state index in [-0.39, 0.29) is 5.91 Å². The van der Waals surface area contributed by atoms with Gasteiger partial charge in [-0.15, -0.1) is 16.4 Å². The molecule has 0 bridgehead atoms. The van der Waals surface area contributed by atoms with Crippen LogP contribution in [0.4, 0.5) is 11.4 Å². The van der Waals surface area contributed by atoms with E-state index >= 15 is 0 Å². The minimum Gasteiger partial charge on any atom is -0.397 e. The molecule has 0 spiro atoms. The Morgan fingerprint density at radius 3 is 2.90 bits per heavy atom. The highest BCUT2D eigenvalue weighted by Gasteiger charge is 2.10. The van der Waals surface area contributed by atoms with Gasteiger partial charge in [-0.25, -0.2) is 0 Å². The lowest BCUT2D eigenvalue weighted by atomic mass is 10.1. The number of nitrogens with two attached hydrogens (primary N) is 1. The summed E-state index contributed by atoms with van der Waals surface area (Å²) in [5.74, 6) is -0.0900. The molecule has 4 rings (SSSR count). The van der Waals surface area contributed by atoms with Crippen LogP contribution in [0.3, 0.4) is 0 Å². The molecule has 4 aromatic rings. The smallest absolute Gasteiger partial charge is 0.224 e. The molecule has 0 aliphatic carbocycles. The largest absolute Gasteiger partial charge is 0.397 e. The van der Waals surface area contributed by atoms with Crippen LogP contribution in [-0.2, 0) is 24.2 Å². The van der Waals surface area contributed by atoms with E-state index in [9.17, 15) is 4.79 Å². The third-order valence-electron chi connectivity index (χ3n) is 4.54. The number of nitrogens with zero attached hydrogens (tertiary/aromatic N) is 3. The number of nitrogens with one attached hydrogen (secondary N) is 1. The van der Waals surface area contributed by atoms with Crippen LogP contribution in [0.1, 0.15) is 17.7 Å². The maximum absolute atomic E-state index is 12.4. The van der Waals surface area contributed by atoms with E-state index in [4.69, 9.17) is 5.73 Å². The maximum atomic E-state index is 12.4. The van der Waals surface area contributed by atoms with Gasteiger partial charge in [-0.2, -0.15) is 11.3 Å². The second-order valence-electron chi connectivity index (χ2n) is 6.68. The minimum atomic E-state index is -0.0900. The summed E-state index contributed by atoms with van der Waals surface area (Å²) in [6.07, 6.45) is 3.69. The summed E-state index contributed by atoms with van der Waals surface area (Å²) in [7, 11) is 0. The molecule has 6 nitrogen and oxygen atoms in total. The van der Waals surface area contributed by atoms with E-state index in [1.807, 2.05) is 46.6 Å². The van der Waals surface area contributed by atoms with Gasteiger partial charge in [0.05, 0.1) is 17.1 Å². The van der Waals surface area contributed by atoms with Crippen molar-refractivity contribution in [3.63, 3.8) is 0 Å². The Balaban J connectivity index is 1.31. The molecule has 29 heavy (non-hydrogen) atoms. The first-order chi connectivity index (χ1) is 14.2. The lowest BCUT2D eigenvalue weighted by molar-refractivity contribution is -0.116. The van der Waals surface area contributed by atoms with E-state index in [0.29, 0.717) is 24.2 Å². The van der Waals surface area contributed by atoms with Crippen LogP contribution in [0.5, 0.6) is 0 Å². The van der Waals surface area contributed by atoms with E-state index in [1.54, 1.807) is 22.7 Å². The molecular formula is C21H21N5OS2. The number of aromatic nitrogens is 3. The SMILES string of the molecule is Nc1ccc(-c2cccs2)cc1NC(=O)CCc1cn(CCc2ccsc2)nn1. The third kappa shape index (κ3) is 5.10. The standard InChI is InChI=1S/C21H21N5OS2/c22-18-5-3-16(20-2-1-10-29-20)12-19(18)23-21(27)6-4-17-13-26(25-24-17)9-7-15-8-11-28-14-15/h1-3,5,8,10-14H,4,6-7,9,22H2,(H,23,27). The van der Waals surface area contributed by atoms with Gasteiger partial charge in [-0.3, -0.25) is 9.48 Å². The minimum absolute atomic E-state index is 0.0900. The first kappa shape index (κ1) is 19.4.